The van der Waals surface area contributed by atoms with Gasteiger partial charge < -0.3 is 19.5 Å². The van der Waals surface area contributed by atoms with E-state index in [0.29, 0.717) is 31.0 Å². The highest BCUT2D eigenvalue weighted by atomic mass is 16.5. The van der Waals surface area contributed by atoms with Crippen LogP contribution >= 0.6 is 0 Å². The van der Waals surface area contributed by atoms with Gasteiger partial charge in [0, 0.05) is 50.2 Å². The van der Waals surface area contributed by atoms with Crippen molar-refractivity contribution in [2.75, 3.05) is 32.1 Å². The van der Waals surface area contributed by atoms with Crippen molar-refractivity contribution >= 4 is 28.4 Å². The number of amides is 1. The SMILES string of the molecule is CN(C)c1ccc(OC2CCN(C(=O)C(=O)c3c[nH]c4ccccc34)C2)nn1. The van der Waals surface area contributed by atoms with E-state index in [1.165, 1.54) is 4.90 Å². The average molecular weight is 379 g/mol. The number of nitrogens with one attached hydrogen (secondary N) is 1. The fourth-order valence-electron chi connectivity index (χ4n) is 3.31. The van der Waals surface area contributed by atoms with E-state index < -0.39 is 11.7 Å². The molecule has 4 rings (SSSR count). The van der Waals surface area contributed by atoms with Crippen LogP contribution in [-0.4, -0.2) is 65.1 Å². The summed E-state index contributed by atoms with van der Waals surface area (Å²) in [5.41, 5.74) is 1.23. The number of para-hydroxylation sites is 1. The fourth-order valence-corrected chi connectivity index (χ4v) is 3.31. The number of H-pyrrole nitrogens is 1. The zero-order valence-electron chi connectivity index (χ0n) is 15.8. The van der Waals surface area contributed by atoms with Crippen molar-refractivity contribution in [2.24, 2.45) is 0 Å². The van der Waals surface area contributed by atoms with E-state index >= 15 is 0 Å². The van der Waals surface area contributed by atoms with Crippen LogP contribution in [0.3, 0.4) is 0 Å². The van der Waals surface area contributed by atoms with Gasteiger partial charge in [-0.15, -0.1) is 10.2 Å². The van der Waals surface area contributed by atoms with Crippen molar-refractivity contribution in [1.29, 1.82) is 0 Å². The van der Waals surface area contributed by atoms with Crippen LogP contribution in [-0.2, 0) is 4.79 Å². The average Bonchev–Trinajstić information content (AvgIpc) is 3.34. The highest BCUT2D eigenvalue weighted by Gasteiger charge is 2.32. The molecule has 8 heteroatoms. The van der Waals surface area contributed by atoms with Gasteiger partial charge in [0.2, 0.25) is 5.88 Å². The van der Waals surface area contributed by atoms with Crippen LogP contribution in [0.15, 0.2) is 42.6 Å². The first-order valence-electron chi connectivity index (χ1n) is 9.10. The van der Waals surface area contributed by atoms with Crippen LogP contribution in [0.1, 0.15) is 16.8 Å². The molecule has 0 bridgehead atoms. The molecule has 1 aliphatic rings. The fraction of sp³-hybridized carbons (Fsp3) is 0.300. The third kappa shape index (κ3) is 3.40. The summed E-state index contributed by atoms with van der Waals surface area (Å²) in [5, 5.41) is 8.89. The summed E-state index contributed by atoms with van der Waals surface area (Å²) < 4.78 is 5.83. The van der Waals surface area contributed by atoms with E-state index in [9.17, 15) is 9.59 Å². The Hall–Kier alpha value is -3.42. The maximum Gasteiger partial charge on any atom is 0.295 e. The molecule has 1 aliphatic heterocycles. The van der Waals surface area contributed by atoms with E-state index in [1.54, 1.807) is 12.3 Å². The summed E-state index contributed by atoms with van der Waals surface area (Å²) >= 11 is 0. The second-order valence-electron chi connectivity index (χ2n) is 6.98. The summed E-state index contributed by atoms with van der Waals surface area (Å²) in [6, 6.07) is 11.0. The first kappa shape index (κ1) is 18.0. The number of aromatic nitrogens is 3. The molecule has 144 valence electrons. The highest BCUT2D eigenvalue weighted by Crippen LogP contribution is 2.21. The van der Waals surface area contributed by atoms with Gasteiger partial charge >= 0.3 is 0 Å². The van der Waals surface area contributed by atoms with Crippen molar-refractivity contribution < 1.29 is 14.3 Å². The molecule has 0 spiro atoms. The molecule has 1 atom stereocenters. The first-order valence-corrected chi connectivity index (χ1v) is 9.10. The Bertz CT molecular complexity index is 1010. The van der Waals surface area contributed by atoms with Gasteiger partial charge in [0.25, 0.3) is 11.7 Å². The molecule has 8 nitrogen and oxygen atoms in total. The smallest absolute Gasteiger partial charge is 0.295 e. The minimum absolute atomic E-state index is 0.209. The standard InChI is InChI=1S/C20H21N5O3/c1-24(2)17-7-8-18(23-22-17)28-13-9-10-25(12-13)20(27)19(26)15-11-21-16-6-4-3-5-14(15)16/h3-8,11,13,21H,9-10,12H2,1-2H3. The Morgan fingerprint density at radius 3 is 2.75 bits per heavy atom. The van der Waals surface area contributed by atoms with Crippen LogP contribution in [0.5, 0.6) is 5.88 Å². The third-order valence-electron chi connectivity index (χ3n) is 4.83. The van der Waals surface area contributed by atoms with Crippen LogP contribution in [0, 0.1) is 0 Å². The summed E-state index contributed by atoms with van der Waals surface area (Å²) in [7, 11) is 3.77. The number of carbonyl (C=O) groups is 2. The van der Waals surface area contributed by atoms with Gasteiger partial charge in [-0.25, -0.2) is 0 Å². The molecule has 2 aromatic heterocycles. The molecular formula is C20H21N5O3. The summed E-state index contributed by atoms with van der Waals surface area (Å²) in [6.07, 6.45) is 2.03. The molecule has 0 radical (unpaired) electrons. The molecule has 1 N–H and O–H groups in total. The molecule has 1 amide bonds. The number of Topliss-reactive ketones (excluding diaryl/α,β-unsaturated/α-hetero) is 1. The second-order valence-corrected chi connectivity index (χ2v) is 6.98. The number of ketones is 1. The predicted molar refractivity (Wildman–Crippen MR) is 105 cm³/mol. The van der Waals surface area contributed by atoms with E-state index in [-0.39, 0.29) is 6.10 Å². The van der Waals surface area contributed by atoms with Crippen molar-refractivity contribution in [2.45, 2.75) is 12.5 Å². The minimum Gasteiger partial charge on any atom is -0.471 e. The highest BCUT2D eigenvalue weighted by molar-refractivity contribution is 6.44. The number of rotatable bonds is 5. The Morgan fingerprint density at radius 1 is 1.18 bits per heavy atom. The van der Waals surface area contributed by atoms with Crippen molar-refractivity contribution in [3.63, 3.8) is 0 Å². The normalized spacial score (nSPS) is 16.4. The number of aromatic amines is 1. The maximum absolute atomic E-state index is 12.7. The van der Waals surface area contributed by atoms with Gasteiger partial charge in [-0.05, 0) is 12.1 Å². The van der Waals surface area contributed by atoms with Crippen molar-refractivity contribution in [1.82, 2.24) is 20.1 Å². The number of anilines is 1. The quantitative estimate of drug-likeness (QED) is 0.538. The molecule has 0 saturated carbocycles. The van der Waals surface area contributed by atoms with Crippen LogP contribution in [0.4, 0.5) is 5.82 Å². The van der Waals surface area contributed by atoms with Crippen LogP contribution < -0.4 is 9.64 Å². The van der Waals surface area contributed by atoms with E-state index in [0.717, 1.165) is 16.7 Å². The number of carbonyl (C=O) groups excluding carboxylic acids is 2. The van der Waals surface area contributed by atoms with E-state index in [1.807, 2.05) is 49.3 Å². The topological polar surface area (TPSA) is 91.4 Å². The zero-order valence-corrected chi connectivity index (χ0v) is 15.8. The van der Waals surface area contributed by atoms with Gasteiger partial charge in [0.15, 0.2) is 5.82 Å². The number of nitrogens with zero attached hydrogens (tertiary/aromatic N) is 4. The molecule has 1 fully saturated rings. The number of benzene rings is 1. The van der Waals surface area contributed by atoms with Crippen LogP contribution in [0.2, 0.25) is 0 Å². The third-order valence-corrected chi connectivity index (χ3v) is 4.83. The molecule has 3 aromatic rings. The number of hydrogen-bond acceptors (Lipinski definition) is 6. The second kappa shape index (κ2) is 7.30. The Labute approximate surface area is 162 Å². The molecule has 1 aromatic carbocycles. The van der Waals surface area contributed by atoms with Crippen molar-refractivity contribution in [3.8, 4) is 5.88 Å². The summed E-state index contributed by atoms with van der Waals surface area (Å²) in [5.74, 6) is 0.130. The molecule has 1 saturated heterocycles. The zero-order chi connectivity index (χ0) is 19.7. The van der Waals surface area contributed by atoms with Gasteiger partial charge in [-0.1, -0.05) is 18.2 Å². The number of likely N-dealkylation sites (tertiary alicyclic amines) is 1. The minimum atomic E-state index is -0.509. The van der Waals surface area contributed by atoms with Crippen molar-refractivity contribution in [3.05, 3.63) is 48.2 Å². The largest absolute Gasteiger partial charge is 0.471 e. The first-order chi connectivity index (χ1) is 13.5. The van der Waals surface area contributed by atoms with Gasteiger partial charge in [0.1, 0.15) is 6.10 Å². The lowest BCUT2D eigenvalue weighted by molar-refractivity contribution is -0.125. The lowest BCUT2D eigenvalue weighted by Crippen LogP contribution is -2.36. The summed E-state index contributed by atoms with van der Waals surface area (Å²) in [4.78, 5) is 31.8. The monoisotopic (exact) mass is 379 g/mol. The Balaban J connectivity index is 1.40. The molecular weight excluding hydrogens is 358 g/mol. The lowest BCUT2D eigenvalue weighted by Gasteiger charge is -2.16. The number of hydrogen-bond donors (Lipinski definition) is 1. The Morgan fingerprint density at radius 2 is 2.00 bits per heavy atom. The molecule has 28 heavy (non-hydrogen) atoms. The lowest BCUT2D eigenvalue weighted by atomic mass is 10.1. The number of fused-ring (bicyclic) bond motifs is 1. The maximum atomic E-state index is 12.7. The summed E-state index contributed by atoms with van der Waals surface area (Å²) in [6.45, 7) is 0.824. The van der Waals surface area contributed by atoms with Gasteiger partial charge in [0.05, 0.1) is 12.1 Å². The van der Waals surface area contributed by atoms with E-state index in [4.69, 9.17) is 4.74 Å². The molecule has 1 unspecified atom stereocenters. The number of ether oxygens (including phenoxy) is 1. The molecule has 3 heterocycles. The van der Waals surface area contributed by atoms with E-state index in [2.05, 4.69) is 15.2 Å². The van der Waals surface area contributed by atoms with Gasteiger partial charge in [-0.2, -0.15) is 0 Å². The Kier molecular flexibility index (Phi) is 4.68. The van der Waals surface area contributed by atoms with Gasteiger partial charge in [-0.3, -0.25) is 9.59 Å². The predicted octanol–water partition coefficient (Wildman–Crippen LogP) is 1.89. The molecule has 0 aliphatic carbocycles. The van der Waals surface area contributed by atoms with Crippen LogP contribution in [0.25, 0.3) is 10.9 Å².